The summed E-state index contributed by atoms with van der Waals surface area (Å²) in [5, 5.41) is 6.01. The SMILES string of the molecule is Cc1cc(I)ccc1NC(=O)c1cccc(NC2=C(Cl)C(=O)N(c3ccc(Cl)cc3)C2=O)c1. The van der Waals surface area contributed by atoms with E-state index in [4.69, 9.17) is 23.2 Å². The molecule has 2 N–H and O–H groups in total. The fraction of sp³-hybridized carbons (Fsp3) is 0.0417. The molecular weight excluding hydrogens is 576 g/mol. The van der Waals surface area contributed by atoms with Gasteiger partial charge in [0.15, 0.2) is 0 Å². The molecule has 6 nitrogen and oxygen atoms in total. The molecule has 1 aliphatic heterocycles. The molecule has 0 spiro atoms. The Morgan fingerprint density at radius 1 is 0.939 bits per heavy atom. The number of nitrogens with zero attached hydrogens (tertiary/aromatic N) is 1. The molecule has 0 radical (unpaired) electrons. The van der Waals surface area contributed by atoms with Gasteiger partial charge in [0.25, 0.3) is 17.7 Å². The lowest BCUT2D eigenvalue weighted by molar-refractivity contribution is -0.120. The number of amides is 3. The van der Waals surface area contributed by atoms with Gasteiger partial charge in [0, 0.05) is 25.5 Å². The van der Waals surface area contributed by atoms with Crippen molar-refractivity contribution in [3.05, 3.63) is 97.2 Å². The van der Waals surface area contributed by atoms with Crippen LogP contribution in [0.2, 0.25) is 5.02 Å². The Labute approximate surface area is 213 Å². The summed E-state index contributed by atoms with van der Waals surface area (Å²) in [6, 6.07) is 18.6. The van der Waals surface area contributed by atoms with E-state index < -0.39 is 11.8 Å². The maximum atomic E-state index is 12.9. The fourth-order valence-corrected chi connectivity index (χ4v) is 4.27. The van der Waals surface area contributed by atoms with E-state index >= 15 is 0 Å². The number of nitrogens with one attached hydrogen (secondary N) is 2. The number of anilines is 3. The van der Waals surface area contributed by atoms with Crippen LogP contribution < -0.4 is 15.5 Å². The topological polar surface area (TPSA) is 78.5 Å². The monoisotopic (exact) mass is 591 g/mol. The lowest BCUT2D eigenvalue weighted by Crippen LogP contribution is -2.32. The third-order valence-corrected chi connectivity index (χ3v) is 6.22. The van der Waals surface area contributed by atoms with Gasteiger partial charge in [-0.15, -0.1) is 0 Å². The van der Waals surface area contributed by atoms with Crippen LogP contribution in [0.4, 0.5) is 17.1 Å². The molecule has 1 heterocycles. The maximum absolute atomic E-state index is 12.9. The van der Waals surface area contributed by atoms with Crippen molar-refractivity contribution in [1.29, 1.82) is 0 Å². The molecule has 0 saturated carbocycles. The third-order valence-electron chi connectivity index (χ3n) is 4.94. The molecule has 0 aliphatic carbocycles. The minimum Gasteiger partial charge on any atom is -0.350 e. The molecule has 0 atom stereocenters. The van der Waals surface area contributed by atoms with E-state index in [0.29, 0.717) is 27.6 Å². The highest BCUT2D eigenvalue weighted by Gasteiger charge is 2.39. The van der Waals surface area contributed by atoms with Crippen molar-refractivity contribution in [1.82, 2.24) is 0 Å². The number of hydrogen-bond acceptors (Lipinski definition) is 4. The Bertz CT molecular complexity index is 1320. The highest BCUT2D eigenvalue weighted by molar-refractivity contribution is 14.1. The highest BCUT2D eigenvalue weighted by atomic mass is 127. The van der Waals surface area contributed by atoms with E-state index in [1.807, 2.05) is 25.1 Å². The maximum Gasteiger partial charge on any atom is 0.283 e. The van der Waals surface area contributed by atoms with Gasteiger partial charge in [0.2, 0.25) is 0 Å². The van der Waals surface area contributed by atoms with Crippen molar-refractivity contribution >= 4 is 80.6 Å². The van der Waals surface area contributed by atoms with Gasteiger partial charge in [-0.2, -0.15) is 0 Å². The molecule has 0 fully saturated rings. The average Bonchev–Trinajstić information content (AvgIpc) is 3.00. The second kappa shape index (κ2) is 9.54. The summed E-state index contributed by atoms with van der Waals surface area (Å²) in [6.07, 6.45) is 0. The molecule has 33 heavy (non-hydrogen) atoms. The molecule has 0 aromatic heterocycles. The first-order valence-corrected chi connectivity index (χ1v) is 11.6. The van der Waals surface area contributed by atoms with Gasteiger partial charge in [-0.3, -0.25) is 14.4 Å². The number of carbonyl (C=O) groups excluding carboxylic acids is 3. The second-order valence-corrected chi connectivity index (χ2v) is 9.29. The first-order valence-electron chi connectivity index (χ1n) is 9.73. The van der Waals surface area contributed by atoms with Gasteiger partial charge in [0.05, 0.1) is 5.69 Å². The van der Waals surface area contributed by atoms with E-state index in [9.17, 15) is 14.4 Å². The molecule has 166 valence electrons. The number of benzene rings is 3. The van der Waals surface area contributed by atoms with E-state index in [2.05, 4.69) is 33.2 Å². The Morgan fingerprint density at radius 2 is 1.67 bits per heavy atom. The van der Waals surface area contributed by atoms with E-state index in [1.165, 1.54) is 0 Å². The van der Waals surface area contributed by atoms with Crippen molar-refractivity contribution < 1.29 is 14.4 Å². The van der Waals surface area contributed by atoms with Gasteiger partial charge in [-0.1, -0.05) is 29.3 Å². The number of aryl methyl sites for hydroxylation is 1. The highest BCUT2D eigenvalue weighted by Crippen LogP contribution is 2.31. The smallest absolute Gasteiger partial charge is 0.283 e. The van der Waals surface area contributed by atoms with Crippen LogP contribution in [-0.2, 0) is 9.59 Å². The van der Waals surface area contributed by atoms with Crippen molar-refractivity contribution in [2.24, 2.45) is 0 Å². The second-order valence-electron chi connectivity index (χ2n) is 7.23. The summed E-state index contributed by atoms with van der Waals surface area (Å²) in [5.74, 6) is -1.55. The first kappa shape index (κ1) is 23.3. The van der Waals surface area contributed by atoms with Gasteiger partial charge < -0.3 is 10.6 Å². The molecule has 0 unspecified atom stereocenters. The van der Waals surface area contributed by atoms with Crippen molar-refractivity contribution in [2.45, 2.75) is 6.92 Å². The van der Waals surface area contributed by atoms with Crippen LogP contribution in [0.25, 0.3) is 0 Å². The quantitative estimate of drug-likeness (QED) is 0.284. The van der Waals surface area contributed by atoms with Crippen LogP contribution >= 0.6 is 45.8 Å². The van der Waals surface area contributed by atoms with Gasteiger partial charge in [-0.25, -0.2) is 4.90 Å². The Morgan fingerprint density at radius 3 is 2.36 bits per heavy atom. The standard InChI is InChI=1S/C24H16Cl2IN3O3/c1-13-11-16(27)7-10-19(13)29-22(31)14-3-2-4-17(12-14)28-21-20(26)23(32)30(24(21)33)18-8-5-15(25)6-9-18/h2-12,28H,1H3,(H,29,31). The summed E-state index contributed by atoms with van der Waals surface area (Å²) in [6.45, 7) is 1.92. The molecule has 0 bridgehead atoms. The van der Waals surface area contributed by atoms with Crippen molar-refractivity contribution in [3.63, 3.8) is 0 Å². The number of carbonyl (C=O) groups is 3. The predicted molar refractivity (Wildman–Crippen MR) is 139 cm³/mol. The van der Waals surface area contributed by atoms with Crippen molar-refractivity contribution in [3.8, 4) is 0 Å². The Hall–Kier alpha value is -2.88. The normalized spacial score (nSPS) is 13.5. The van der Waals surface area contributed by atoms with Crippen LogP contribution in [-0.4, -0.2) is 17.7 Å². The summed E-state index contributed by atoms with van der Waals surface area (Å²) in [4.78, 5) is 39.3. The van der Waals surface area contributed by atoms with Crippen LogP contribution in [0.15, 0.2) is 77.5 Å². The van der Waals surface area contributed by atoms with Gasteiger partial charge >= 0.3 is 0 Å². The molecule has 0 saturated heterocycles. The largest absolute Gasteiger partial charge is 0.350 e. The molecule has 9 heteroatoms. The molecule has 3 aromatic carbocycles. The Balaban J connectivity index is 1.54. The molecule has 1 aliphatic rings. The zero-order chi connectivity index (χ0) is 23.7. The lowest BCUT2D eigenvalue weighted by Gasteiger charge is -2.15. The molecule has 3 aromatic rings. The molecule has 4 rings (SSSR count). The van der Waals surface area contributed by atoms with E-state index in [-0.39, 0.29) is 16.6 Å². The lowest BCUT2D eigenvalue weighted by atomic mass is 10.1. The summed E-state index contributed by atoms with van der Waals surface area (Å²) in [7, 11) is 0. The van der Waals surface area contributed by atoms with E-state index in [0.717, 1.165) is 14.0 Å². The minimum absolute atomic E-state index is 0.0670. The summed E-state index contributed by atoms with van der Waals surface area (Å²) in [5.41, 5.74) is 2.75. The van der Waals surface area contributed by atoms with Crippen LogP contribution in [0, 0.1) is 10.5 Å². The number of rotatable bonds is 5. The average molecular weight is 592 g/mol. The summed E-state index contributed by atoms with van der Waals surface area (Å²) < 4.78 is 1.07. The predicted octanol–water partition coefficient (Wildman–Crippen LogP) is 5.94. The van der Waals surface area contributed by atoms with Gasteiger partial charge in [-0.05, 0) is 95.7 Å². The number of imide groups is 1. The van der Waals surface area contributed by atoms with Gasteiger partial charge in [0.1, 0.15) is 10.7 Å². The van der Waals surface area contributed by atoms with Crippen molar-refractivity contribution in [2.75, 3.05) is 15.5 Å². The Kier molecular flexibility index (Phi) is 6.73. The zero-order valence-electron chi connectivity index (χ0n) is 17.2. The van der Waals surface area contributed by atoms with Crippen LogP contribution in [0.5, 0.6) is 0 Å². The summed E-state index contributed by atoms with van der Waals surface area (Å²) >= 11 is 14.3. The molecular formula is C24H16Cl2IN3O3. The third kappa shape index (κ3) is 4.90. The van der Waals surface area contributed by atoms with Crippen LogP contribution in [0.1, 0.15) is 15.9 Å². The fourth-order valence-electron chi connectivity index (χ4n) is 3.28. The van der Waals surface area contributed by atoms with Crippen LogP contribution in [0.3, 0.4) is 0 Å². The zero-order valence-corrected chi connectivity index (χ0v) is 20.8. The number of halogens is 3. The first-order chi connectivity index (χ1) is 15.7. The molecule has 3 amide bonds. The van der Waals surface area contributed by atoms with E-state index in [1.54, 1.807) is 48.5 Å². The minimum atomic E-state index is -0.644. The number of hydrogen-bond donors (Lipinski definition) is 2.